The Bertz CT molecular complexity index is 1080. The molecule has 1 aliphatic rings. The normalized spacial score (nSPS) is 17.3. The van der Waals surface area contributed by atoms with Crippen LogP contribution in [0.15, 0.2) is 35.3 Å². The number of nitrogens with one attached hydrogen (secondary N) is 1. The molecule has 0 bridgehead atoms. The van der Waals surface area contributed by atoms with Crippen molar-refractivity contribution in [3.05, 3.63) is 55.4 Å². The molecule has 1 fully saturated rings. The van der Waals surface area contributed by atoms with Crippen molar-refractivity contribution in [2.24, 2.45) is 4.99 Å². The largest absolute Gasteiger partial charge is 0.383 e. The quantitative estimate of drug-likeness (QED) is 0.393. The van der Waals surface area contributed by atoms with Gasteiger partial charge in [-0.2, -0.15) is 0 Å². The Morgan fingerprint density at radius 1 is 1.09 bits per heavy atom. The molecule has 2 aromatic rings. The number of benzene rings is 2. The Kier molecular flexibility index (Phi) is 8.97. The number of hydrogen-bond donors (Lipinski definition) is 1. The van der Waals surface area contributed by atoms with Crippen molar-refractivity contribution in [1.82, 2.24) is 4.90 Å². The van der Waals surface area contributed by atoms with Crippen LogP contribution in [0.25, 0.3) is 0 Å². The van der Waals surface area contributed by atoms with Crippen molar-refractivity contribution in [1.29, 1.82) is 0 Å². The zero-order valence-corrected chi connectivity index (χ0v) is 21.1. The summed E-state index contributed by atoms with van der Waals surface area (Å²) < 4.78 is 5.10. The lowest BCUT2D eigenvalue weighted by molar-refractivity contribution is -0.128. The van der Waals surface area contributed by atoms with Gasteiger partial charge in [0.1, 0.15) is 5.25 Å². The third-order valence-electron chi connectivity index (χ3n) is 4.32. The van der Waals surface area contributed by atoms with E-state index >= 15 is 0 Å². The van der Waals surface area contributed by atoms with Gasteiger partial charge in [0.2, 0.25) is 11.8 Å². The van der Waals surface area contributed by atoms with Crippen molar-refractivity contribution in [2.75, 3.05) is 25.6 Å². The van der Waals surface area contributed by atoms with E-state index in [1.807, 2.05) is 0 Å². The van der Waals surface area contributed by atoms with Gasteiger partial charge in [-0.15, -0.1) is 0 Å². The van der Waals surface area contributed by atoms with Crippen LogP contribution in [0.5, 0.6) is 0 Å². The molecule has 0 radical (unpaired) electrons. The summed E-state index contributed by atoms with van der Waals surface area (Å²) in [5.74, 6) is -0.667. The number of thioether (sulfide) groups is 1. The molecule has 0 aliphatic carbocycles. The second-order valence-electron chi connectivity index (χ2n) is 6.58. The molecule has 1 saturated heterocycles. The summed E-state index contributed by atoms with van der Waals surface area (Å²) in [7, 11) is 1.53. The maximum Gasteiger partial charge on any atom is 0.242 e. The minimum absolute atomic E-state index is 0.100. The van der Waals surface area contributed by atoms with E-state index in [0.29, 0.717) is 33.2 Å². The lowest BCUT2D eigenvalue weighted by atomic mass is 10.2. The summed E-state index contributed by atoms with van der Waals surface area (Å²) in [5, 5.41) is 3.98. The highest BCUT2D eigenvalue weighted by atomic mass is 35.5. The van der Waals surface area contributed by atoms with Crippen molar-refractivity contribution in [3.8, 4) is 0 Å². The minimum Gasteiger partial charge on any atom is -0.383 e. The monoisotopic (exact) mass is 553 g/mol. The third-order valence-corrected chi connectivity index (χ3v) is 7.07. The fourth-order valence-corrected chi connectivity index (χ4v) is 5.00. The van der Waals surface area contributed by atoms with Crippen LogP contribution in [0.3, 0.4) is 0 Å². The van der Waals surface area contributed by atoms with Gasteiger partial charge in [-0.05, 0) is 30.3 Å². The predicted molar refractivity (Wildman–Crippen MR) is 133 cm³/mol. The van der Waals surface area contributed by atoms with Gasteiger partial charge in [-0.1, -0.05) is 69.8 Å². The van der Waals surface area contributed by atoms with Gasteiger partial charge in [0.05, 0.1) is 44.6 Å². The molecule has 0 aromatic heterocycles. The fraction of sp³-hybridized carbons (Fsp3) is 0.250. The molecule has 1 N–H and O–H groups in total. The number of methoxy groups -OCH3 is 1. The number of carbonyl (C=O) groups excluding carboxylic acids is 2. The summed E-state index contributed by atoms with van der Waals surface area (Å²) in [6.45, 7) is 0.584. The Hall–Kier alpha value is -1.19. The van der Waals surface area contributed by atoms with Gasteiger partial charge in [0, 0.05) is 18.6 Å². The number of amidine groups is 1. The fourth-order valence-electron chi connectivity index (χ4n) is 2.78. The van der Waals surface area contributed by atoms with Crippen molar-refractivity contribution < 1.29 is 14.3 Å². The van der Waals surface area contributed by atoms with Crippen molar-refractivity contribution in [2.45, 2.75) is 11.7 Å². The summed E-state index contributed by atoms with van der Waals surface area (Å²) in [4.78, 5) is 31.6. The molecule has 32 heavy (non-hydrogen) atoms. The average molecular weight is 556 g/mol. The van der Waals surface area contributed by atoms with Gasteiger partial charge in [0.25, 0.3) is 0 Å². The zero-order chi connectivity index (χ0) is 23.4. The first-order chi connectivity index (χ1) is 15.2. The van der Waals surface area contributed by atoms with Gasteiger partial charge >= 0.3 is 0 Å². The molecule has 6 nitrogen and oxygen atoms in total. The van der Waals surface area contributed by atoms with E-state index < -0.39 is 11.2 Å². The van der Waals surface area contributed by atoms with Gasteiger partial charge in [-0.25, -0.2) is 4.99 Å². The highest BCUT2D eigenvalue weighted by Gasteiger charge is 2.39. The number of nitrogens with zero attached hydrogens (tertiary/aromatic N) is 2. The second kappa shape index (κ2) is 11.3. The van der Waals surface area contributed by atoms with E-state index in [9.17, 15) is 9.59 Å². The van der Waals surface area contributed by atoms with E-state index in [1.165, 1.54) is 35.9 Å². The molecular formula is C20H16Cl5N3O3S. The molecule has 2 amide bonds. The SMILES string of the molecule is COCCN1C(=O)C(CC(=O)Nc2cc(Cl)c(Cl)cc2Cl)SC1=Nc1ccc(Cl)cc1Cl. The smallest absolute Gasteiger partial charge is 0.242 e. The average Bonchev–Trinajstić information content (AvgIpc) is 3.00. The van der Waals surface area contributed by atoms with E-state index in [1.54, 1.807) is 18.2 Å². The van der Waals surface area contributed by atoms with E-state index in [0.717, 1.165) is 0 Å². The molecule has 170 valence electrons. The number of amides is 2. The minimum atomic E-state index is -0.682. The topological polar surface area (TPSA) is 71.0 Å². The van der Waals surface area contributed by atoms with Crippen LogP contribution < -0.4 is 5.32 Å². The van der Waals surface area contributed by atoms with E-state index in [4.69, 9.17) is 62.7 Å². The van der Waals surface area contributed by atoms with E-state index in [2.05, 4.69) is 10.3 Å². The van der Waals surface area contributed by atoms with Gasteiger partial charge in [-0.3, -0.25) is 14.5 Å². The van der Waals surface area contributed by atoms with Gasteiger partial charge in [0.15, 0.2) is 5.17 Å². The summed E-state index contributed by atoms with van der Waals surface area (Å²) in [6.07, 6.45) is -0.100. The summed E-state index contributed by atoms with van der Waals surface area (Å²) in [5.41, 5.74) is 0.765. The Balaban J connectivity index is 1.78. The van der Waals surface area contributed by atoms with Gasteiger partial charge < -0.3 is 10.1 Å². The number of ether oxygens (including phenoxy) is 1. The van der Waals surface area contributed by atoms with Crippen LogP contribution in [0.1, 0.15) is 6.42 Å². The van der Waals surface area contributed by atoms with Crippen LogP contribution in [0.4, 0.5) is 11.4 Å². The van der Waals surface area contributed by atoms with Crippen LogP contribution in [-0.2, 0) is 14.3 Å². The maximum atomic E-state index is 13.0. The van der Waals surface area contributed by atoms with Crippen LogP contribution in [0, 0.1) is 0 Å². The molecule has 1 aliphatic heterocycles. The highest BCUT2D eigenvalue weighted by molar-refractivity contribution is 8.15. The van der Waals surface area contributed by atoms with Crippen molar-refractivity contribution in [3.63, 3.8) is 0 Å². The van der Waals surface area contributed by atoms with Crippen LogP contribution >= 0.6 is 69.8 Å². The standard InChI is InChI=1S/C20H16Cl5N3O3S/c1-31-5-4-28-19(30)17(32-20(28)27-15-3-2-10(21)6-13(15)24)9-18(29)26-16-8-12(23)11(22)7-14(16)25/h2-3,6-8,17H,4-5,9H2,1H3,(H,26,29). The molecule has 3 rings (SSSR count). The van der Waals surface area contributed by atoms with Crippen LogP contribution in [0.2, 0.25) is 25.1 Å². The Labute approximate surface area is 214 Å². The number of rotatable bonds is 7. The maximum absolute atomic E-state index is 13.0. The lowest BCUT2D eigenvalue weighted by Crippen LogP contribution is -2.35. The molecule has 0 spiro atoms. The molecule has 12 heteroatoms. The number of hydrogen-bond acceptors (Lipinski definition) is 5. The second-order valence-corrected chi connectivity index (χ2v) is 9.81. The third kappa shape index (κ3) is 6.23. The Morgan fingerprint density at radius 2 is 1.81 bits per heavy atom. The molecule has 1 unspecified atom stereocenters. The number of aliphatic imine (C=N–C) groups is 1. The van der Waals surface area contributed by atoms with Crippen molar-refractivity contribution >= 4 is 98.1 Å². The molecule has 1 heterocycles. The number of anilines is 1. The molecule has 1 atom stereocenters. The number of carbonyl (C=O) groups is 2. The van der Waals surface area contributed by atoms with E-state index in [-0.39, 0.29) is 33.9 Å². The molecule has 0 saturated carbocycles. The molecule has 2 aromatic carbocycles. The highest BCUT2D eigenvalue weighted by Crippen LogP contribution is 2.36. The van der Waals surface area contributed by atoms with Crippen LogP contribution in [-0.4, -0.2) is 47.4 Å². The summed E-state index contributed by atoms with van der Waals surface area (Å²) in [6, 6.07) is 7.76. The summed E-state index contributed by atoms with van der Waals surface area (Å²) >= 11 is 31.4. The first-order valence-corrected chi connectivity index (χ1v) is 11.9. The predicted octanol–water partition coefficient (Wildman–Crippen LogP) is 6.56. The zero-order valence-electron chi connectivity index (χ0n) is 16.5. The molecular weight excluding hydrogens is 540 g/mol. The lowest BCUT2D eigenvalue weighted by Gasteiger charge is -2.16. The first kappa shape index (κ1) is 25.4. The number of halogens is 5. The Morgan fingerprint density at radius 3 is 2.50 bits per heavy atom. The first-order valence-electron chi connectivity index (χ1n) is 9.14.